The molecule has 3 atom stereocenters. The van der Waals surface area contributed by atoms with E-state index in [4.69, 9.17) is 25.8 Å². The van der Waals surface area contributed by atoms with Crippen molar-refractivity contribution in [2.45, 2.75) is 48.8 Å². The fourth-order valence-corrected chi connectivity index (χ4v) is 5.98. The standard InChI is InChI=1S/C20H25ClO8S/c1-2-27-19(24)14-9-20(28-16(10-22)17(11-23)29-20)8-7-18(14)30(25,26)12-13-5-3-4-6-15(13)21/h3-6,9,16-18,22-23H,2,7-8,10-12H2,1H3/t16-,17-,18?/m0/s1. The molecule has 2 aliphatic rings. The highest BCUT2D eigenvalue weighted by Gasteiger charge is 2.51. The van der Waals surface area contributed by atoms with Crippen molar-refractivity contribution >= 4 is 27.4 Å². The molecule has 1 fully saturated rings. The monoisotopic (exact) mass is 460 g/mol. The van der Waals surface area contributed by atoms with Gasteiger partial charge >= 0.3 is 5.97 Å². The van der Waals surface area contributed by atoms with Gasteiger partial charge in [-0.2, -0.15) is 0 Å². The molecule has 10 heteroatoms. The second-order valence-electron chi connectivity index (χ2n) is 7.24. The molecule has 8 nitrogen and oxygen atoms in total. The Bertz CT molecular complexity index is 901. The van der Waals surface area contributed by atoms with E-state index in [-0.39, 0.29) is 44.0 Å². The van der Waals surface area contributed by atoms with Crippen LogP contribution >= 0.6 is 11.6 Å². The van der Waals surface area contributed by atoms with Crippen LogP contribution in [0.1, 0.15) is 25.3 Å². The molecular formula is C20H25ClO8S. The van der Waals surface area contributed by atoms with Crippen molar-refractivity contribution < 1.29 is 37.6 Å². The first-order chi connectivity index (χ1) is 14.2. The van der Waals surface area contributed by atoms with Crippen molar-refractivity contribution in [1.82, 2.24) is 0 Å². The number of sulfone groups is 1. The molecule has 166 valence electrons. The molecular weight excluding hydrogens is 436 g/mol. The van der Waals surface area contributed by atoms with Crippen LogP contribution in [0.4, 0.5) is 0 Å². The molecule has 0 bridgehead atoms. The molecule has 0 aromatic heterocycles. The van der Waals surface area contributed by atoms with Gasteiger partial charge in [-0.3, -0.25) is 0 Å². The summed E-state index contributed by atoms with van der Waals surface area (Å²) in [5.74, 6) is -2.51. The van der Waals surface area contributed by atoms with Crippen LogP contribution in [0.2, 0.25) is 5.02 Å². The number of halogens is 1. The van der Waals surface area contributed by atoms with E-state index in [1.165, 1.54) is 6.08 Å². The summed E-state index contributed by atoms with van der Waals surface area (Å²) in [7, 11) is -3.82. The molecule has 30 heavy (non-hydrogen) atoms. The maximum absolute atomic E-state index is 13.2. The van der Waals surface area contributed by atoms with E-state index in [9.17, 15) is 23.4 Å². The van der Waals surface area contributed by atoms with E-state index in [0.717, 1.165) is 0 Å². The van der Waals surface area contributed by atoms with E-state index in [2.05, 4.69) is 0 Å². The first-order valence-corrected chi connectivity index (χ1v) is 11.8. The average molecular weight is 461 g/mol. The second-order valence-corrected chi connectivity index (χ2v) is 9.83. The summed E-state index contributed by atoms with van der Waals surface area (Å²) in [5.41, 5.74) is 0.363. The highest BCUT2D eigenvalue weighted by molar-refractivity contribution is 7.91. The first kappa shape index (κ1) is 23.2. The van der Waals surface area contributed by atoms with Gasteiger partial charge in [-0.1, -0.05) is 29.8 Å². The highest BCUT2D eigenvalue weighted by atomic mass is 35.5. The van der Waals surface area contributed by atoms with E-state index in [1.807, 2.05) is 0 Å². The third-order valence-corrected chi connectivity index (χ3v) is 7.65. The minimum atomic E-state index is -3.82. The Kier molecular flexibility index (Phi) is 7.21. The Morgan fingerprint density at radius 3 is 2.43 bits per heavy atom. The maximum atomic E-state index is 13.2. The molecule has 1 saturated heterocycles. The normalized spacial score (nSPS) is 25.9. The van der Waals surface area contributed by atoms with Gasteiger partial charge < -0.3 is 24.4 Å². The third-order valence-electron chi connectivity index (χ3n) is 5.21. The van der Waals surface area contributed by atoms with E-state index < -0.39 is 39.1 Å². The number of ether oxygens (including phenoxy) is 3. The smallest absolute Gasteiger partial charge is 0.335 e. The van der Waals surface area contributed by atoms with Crippen molar-refractivity contribution in [2.75, 3.05) is 19.8 Å². The first-order valence-electron chi connectivity index (χ1n) is 9.67. The van der Waals surface area contributed by atoms with Gasteiger partial charge in [0.15, 0.2) is 15.6 Å². The number of rotatable bonds is 7. The van der Waals surface area contributed by atoms with Crippen LogP contribution in [0.25, 0.3) is 0 Å². The minimum Gasteiger partial charge on any atom is -0.463 e. The topological polar surface area (TPSA) is 119 Å². The zero-order chi connectivity index (χ0) is 21.9. The van der Waals surface area contributed by atoms with Crippen molar-refractivity contribution in [1.29, 1.82) is 0 Å². The summed E-state index contributed by atoms with van der Waals surface area (Å²) >= 11 is 6.12. The predicted octanol–water partition coefficient (Wildman–Crippen LogP) is 1.37. The molecule has 1 aliphatic heterocycles. The SMILES string of the molecule is CCOC(=O)C1=CC2(CCC1S(=O)(=O)Cc1ccccc1Cl)O[C@@H](CO)[C@H](CO)O2. The van der Waals surface area contributed by atoms with Gasteiger partial charge in [-0.05, 0) is 31.1 Å². The number of carbonyl (C=O) groups is 1. The van der Waals surface area contributed by atoms with E-state index in [1.54, 1.807) is 31.2 Å². The molecule has 1 aliphatic carbocycles. The predicted molar refractivity (Wildman–Crippen MR) is 108 cm³/mol. The van der Waals surface area contributed by atoms with E-state index >= 15 is 0 Å². The molecule has 0 amide bonds. The highest BCUT2D eigenvalue weighted by Crippen LogP contribution is 2.41. The molecule has 3 rings (SSSR count). The number of aliphatic hydroxyl groups excluding tert-OH is 2. The van der Waals surface area contributed by atoms with Crippen molar-refractivity contribution in [2.24, 2.45) is 0 Å². The molecule has 2 N–H and O–H groups in total. The third kappa shape index (κ3) is 4.71. The van der Waals surface area contributed by atoms with Crippen LogP contribution in [0.15, 0.2) is 35.9 Å². The second kappa shape index (κ2) is 9.33. The number of esters is 1. The molecule has 1 spiro atoms. The zero-order valence-corrected chi connectivity index (χ0v) is 18.1. The number of hydrogen-bond donors (Lipinski definition) is 2. The number of carbonyl (C=O) groups excluding carboxylic acids is 1. The lowest BCUT2D eigenvalue weighted by molar-refractivity contribution is -0.154. The van der Waals surface area contributed by atoms with E-state index in [0.29, 0.717) is 10.6 Å². The molecule has 1 aromatic rings. The molecule has 1 heterocycles. The summed E-state index contributed by atoms with van der Waals surface area (Å²) in [6, 6.07) is 6.63. The summed E-state index contributed by atoms with van der Waals surface area (Å²) in [4.78, 5) is 12.6. The molecule has 1 aromatic carbocycles. The van der Waals surface area contributed by atoms with Gasteiger partial charge in [0.2, 0.25) is 0 Å². The van der Waals surface area contributed by atoms with Gasteiger partial charge in [0, 0.05) is 11.4 Å². The summed E-state index contributed by atoms with van der Waals surface area (Å²) in [6.45, 7) is 0.921. The lowest BCUT2D eigenvalue weighted by atomic mass is 9.94. The molecule has 0 radical (unpaired) electrons. The van der Waals surface area contributed by atoms with Gasteiger partial charge in [0.1, 0.15) is 12.2 Å². The number of hydrogen-bond acceptors (Lipinski definition) is 8. The molecule has 1 unspecified atom stereocenters. The number of aliphatic hydroxyl groups is 2. The zero-order valence-electron chi connectivity index (χ0n) is 16.5. The van der Waals surface area contributed by atoms with Gasteiger partial charge in [0.05, 0.1) is 36.4 Å². The maximum Gasteiger partial charge on any atom is 0.335 e. The number of benzene rings is 1. The average Bonchev–Trinajstić information content (AvgIpc) is 3.06. The Balaban J connectivity index is 1.95. The summed E-state index contributed by atoms with van der Waals surface area (Å²) in [5, 5.41) is 18.2. The summed E-state index contributed by atoms with van der Waals surface area (Å²) < 4.78 is 43.0. The van der Waals surface area contributed by atoms with Gasteiger partial charge in [0.25, 0.3) is 0 Å². The minimum absolute atomic E-state index is 0.0493. The van der Waals surface area contributed by atoms with Crippen molar-refractivity contribution in [3.63, 3.8) is 0 Å². The Morgan fingerprint density at radius 1 is 1.23 bits per heavy atom. The fourth-order valence-electron chi connectivity index (χ4n) is 3.79. The lowest BCUT2D eigenvalue weighted by Crippen LogP contribution is -2.41. The Hall–Kier alpha value is -1.49. The summed E-state index contributed by atoms with van der Waals surface area (Å²) in [6.07, 6.45) is -0.0676. The van der Waals surface area contributed by atoms with Crippen LogP contribution in [-0.4, -0.2) is 67.7 Å². The van der Waals surface area contributed by atoms with Crippen LogP contribution in [0, 0.1) is 0 Å². The lowest BCUT2D eigenvalue weighted by Gasteiger charge is -2.33. The van der Waals surface area contributed by atoms with Crippen molar-refractivity contribution in [3.8, 4) is 0 Å². The largest absolute Gasteiger partial charge is 0.463 e. The molecule has 0 saturated carbocycles. The quantitative estimate of drug-likeness (QED) is 0.585. The fraction of sp³-hybridized carbons (Fsp3) is 0.550. The Labute approximate surface area is 180 Å². The van der Waals surface area contributed by atoms with Crippen LogP contribution in [-0.2, 0) is 34.6 Å². The van der Waals surface area contributed by atoms with Gasteiger partial charge in [-0.25, -0.2) is 13.2 Å². The van der Waals surface area contributed by atoms with Gasteiger partial charge in [-0.15, -0.1) is 0 Å². The van der Waals surface area contributed by atoms with Crippen molar-refractivity contribution in [3.05, 3.63) is 46.5 Å². The van der Waals surface area contributed by atoms with Crippen LogP contribution < -0.4 is 0 Å². The Morgan fingerprint density at radius 2 is 1.87 bits per heavy atom. The van der Waals surface area contributed by atoms with Crippen LogP contribution in [0.5, 0.6) is 0 Å². The van der Waals surface area contributed by atoms with Crippen LogP contribution in [0.3, 0.4) is 0 Å².